The normalized spacial score (nSPS) is 9.89. The van der Waals surface area contributed by atoms with Crippen LogP contribution in [-0.4, -0.2) is 27.1 Å². The minimum Gasteiger partial charge on any atom is -0.473 e. The maximum absolute atomic E-state index is 9.10. The van der Waals surface area contributed by atoms with Crippen molar-refractivity contribution in [3.63, 3.8) is 0 Å². The van der Waals surface area contributed by atoms with Crippen LogP contribution >= 0.6 is 0 Å². The quantitative estimate of drug-likeness (QED) is 0.539. The van der Waals surface area contributed by atoms with E-state index in [9.17, 15) is 0 Å². The Bertz CT molecular complexity index is 683. The third-order valence-corrected chi connectivity index (χ3v) is 2.60. The lowest BCUT2D eigenvalue weighted by Gasteiger charge is -1.87. The highest BCUT2D eigenvalue weighted by atomic mass is 16.4. The molecule has 2 aromatic carbocycles. The fourth-order valence-corrected chi connectivity index (χ4v) is 1.80. The number of carboxylic acid groups (broad SMARTS) is 2. The number of fused-ring (bicyclic) bond motifs is 3. The molecule has 0 aliphatic carbocycles. The number of aromatic amines is 1. The molecular weight excluding hydrogens is 246 g/mol. The number of carboxylic acids is 2. The summed E-state index contributed by atoms with van der Waals surface area (Å²) in [6, 6.07) is 16.8. The van der Waals surface area contributed by atoms with E-state index in [-0.39, 0.29) is 0 Å². The van der Waals surface area contributed by atoms with Crippen LogP contribution in [0.2, 0.25) is 0 Å². The van der Waals surface area contributed by atoms with Crippen molar-refractivity contribution in [1.82, 2.24) is 4.98 Å². The average Bonchev–Trinajstić information content (AvgIpc) is 2.78. The summed E-state index contributed by atoms with van der Waals surface area (Å²) in [6.07, 6.45) is 0. The third-order valence-electron chi connectivity index (χ3n) is 2.60. The van der Waals surface area contributed by atoms with Crippen LogP contribution in [-0.2, 0) is 9.59 Å². The fourth-order valence-electron chi connectivity index (χ4n) is 1.80. The van der Waals surface area contributed by atoms with Crippen molar-refractivity contribution in [2.45, 2.75) is 0 Å². The van der Waals surface area contributed by atoms with E-state index in [2.05, 4.69) is 53.5 Å². The van der Waals surface area contributed by atoms with Gasteiger partial charge in [-0.25, -0.2) is 9.59 Å². The smallest absolute Gasteiger partial charge is 0.414 e. The van der Waals surface area contributed by atoms with Gasteiger partial charge < -0.3 is 15.2 Å². The topological polar surface area (TPSA) is 90.4 Å². The number of H-pyrrole nitrogens is 1. The van der Waals surface area contributed by atoms with Crippen LogP contribution in [0, 0.1) is 0 Å². The summed E-state index contributed by atoms with van der Waals surface area (Å²) in [5.74, 6) is -3.65. The van der Waals surface area contributed by atoms with Crippen molar-refractivity contribution >= 4 is 33.7 Å². The molecule has 0 aliphatic heterocycles. The second kappa shape index (κ2) is 5.22. The number of hydrogen-bond acceptors (Lipinski definition) is 2. The predicted octanol–water partition coefficient (Wildman–Crippen LogP) is 2.48. The van der Waals surface area contributed by atoms with E-state index in [1.54, 1.807) is 0 Å². The zero-order valence-electron chi connectivity index (χ0n) is 9.83. The van der Waals surface area contributed by atoms with Crippen molar-refractivity contribution in [3.05, 3.63) is 48.5 Å². The monoisotopic (exact) mass is 257 g/mol. The summed E-state index contributed by atoms with van der Waals surface area (Å²) in [4.78, 5) is 21.6. The van der Waals surface area contributed by atoms with Crippen molar-refractivity contribution in [1.29, 1.82) is 0 Å². The lowest BCUT2D eigenvalue weighted by molar-refractivity contribution is -0.159. The number of nitrogens with one attached hydrogen (secondary N) is 1. The molecule has 5 heteroatoms. The molecule has 0 bridgehead atoms. The van der Waals surface area contributed by atoms with E-state index in [0.29, 0.717) is 0 Å². The highest BCUT2D eigenvalue weighted by Crippen LogP contribution is 2.24. The molecule has 0 saturated carbocycles. The first-order valence-corrected chi connectivity index (χ1v) is 5.51. The van der Waals surface area contributed by atoms with Gasteiger partial charge in [-0.1, -0.05) is 36.4 Å². The Labute approximate surface area is 108 Å². The summed E-state index contributed by atoms with van der Waals surface area (Å²) in [5.41, 5.74) is 2.42. The molecule has 5 nitrogen and oxygen atoms in total. The van der Waals surface area contributed by atoms with Gasteiger partial charge in [0.15, 0.2) is 0 Å². The molecular formula is C14H11NO4. The number of carbonyl (C=O) groups is 2. The summed E-state index contributed by atoms with van der Waals surface area (Å²) in [7, 11) is 0. The van der Waals surface area contributed by atoms with Gasteiger partial charge in [0.1, 0.15) is 0 Å². The molecule has 0 atom stereocenters. The maximum Gasteiger partial charge on any atom is 0.414 e. The van der Waals surface area contributed by atoms with E-state index >= 15 is 0 Å². The van der Waals surface area contributed by atoms with Crippen LogP contribution in [0.5, 0.6) is 0 Å². The highest BCUT2D eigenvalue weighted by Gasteiger charge is 2.04. The maximum atomic E-state index is 9.10. The first-order valence-electron chi connectivity index (χ1n) is 5.51. The second-order valence-electron chi connectivity index (χ2n) is 3.83. The Morgan fingerprint density at radius 1 is 0.737 bits per heavy atom. The number of aromatic nitrogens is 1. The molecule has 96 valence electrons. The molecule has 0 unspecified atom stereocenters. The largest absolute Gasteiger partial charge is 0.473 e. The molecule has 1 heterocycles. The Morgan fingerprint density at radius 3 is 1.47 bits per heavy atom. The number of benzene rings is 2. The zero-order chi connectivity index (χ0) is 13.8. The Hall–Kier alpha value is -2.82. The van der Waals surface area contributed by atoms with Gasteiger partial charge >= 0.3 is 11.9 Å². The fraction of sp³-hybridized carbons (Fsp3) is 0. The van der Waals surface area contributed by atoms with E-state index in [0.717, 1.165) is 0 Å². The number of para-hydroxylation sites is 2. The molecule has 1 aromatic heterocycles. The van der Waals surface area contributed by atoms with Gasteiger partial charge in [-0.2, -0.15) is 0 Å². The molecule has 19 heavy (non-hydrogen) atoms. The average molecular weight is 257 g/mol. The number of aliphatic carboxylic acids is 2. The van der Waals surface area contributed by atoms with E-state index in [1.807, 2.05) is 0 Å². The molecule has 3 aromatic rings. The molecule has 0 amide bonds. The highest BCUT2D eigenvalue weighted by molar-refractivity contribution is 6.27. The van der Waals surface area contributed by atoms with Gasteiger partial charge in [0.2, 0.25) is 0 Å². The second-order valence-corrected chi connectivity index (χ2v) is 3.83. The molecule has 0 spiro atoms. The van der Waals surface area contributed by atoms with E-state index < -0.39 is 11.9 Å². The summed E-state index contributed by atoms with van der Waals surface area (Å²) < 4.78 is 0. The van der Waals surface area contributed by atoms with Crippen molar-refractivity contribution in [2.75, 3.05) is 0 Å². The van der Waals surface area contributed by atoms with E-state index in [4.69, 9.17) is 19.8 Å². The number of rotatable bonds is 0. The summed E-state index contributed by atoms with van der Waals surface area (Å²) >= 11 is 0. The molecule has 0 saturated heterocycles. The van der Waals surface area contributed by atoms with Crippen LogP contribution in [0.3, 0.4) is 0 Å². The van der Waals surface area contributed by atoms with Crippen LogP contribution < -0.4 is 0 Å². The van der Waals surface area contributed by atoms with Gasteiger partial charge in [-0.05, 0) is 12.1 Å². The van der Waals surface area contributed by atoms with Crippen LogP contribution in [0.15, 0.2) is 48.5 Å². The lowest BCUT2D eigenvalue weighted by Crippen LogP contribution is -2.09. The Morgan fingerprint density at radius 2 is 1.11 bits per heavy atom. The first-order chi connectivity index (χ1) is 9.09. The van der Waals surface area contributed by atoms with Crippen LogP contribution in [0.1, 0.15) is 0 Å². The van der Waals surface area contributed by atoms with Crippen LogP contribution in [0.4, 0.5) is 0 Å². The molecule has 0 radical (unpaired) electrons. The van der Waals surface area contributed by atoms with Gasteiger partial charge in [0.05, 0.1) is 0 Å². The van der Waals surface area contributed by atoms with Gasteiger partial charge in [-0.15, -0.1) is 0 Å². The Kier molecular flexibility index (Phi) is 3.47. The minimum atomic E-state index is -1.82. The van der Waals surface area contributed by atoms with Crippen LogP contribution in [0.25, 0.3) is 21.8 Å². The van der Waals surface area contributed by atoms with Gasteiger partial charge in [0, 0.05) is 21.8 Å². The SMILES string of the molecule is O=C(O)C(=O)O.c1ccc2c(c1)[nH]c1ccccc12. The third kappa shape index (κ3) is 2.71. The van der Waals surface area contributed by atoms with Crippen molar-refractivity contribution in [2.24, 2.45) is 0 Å². The molecule has 3 rings (SSSR count). The lowest BCUT2D eigenvalue weighted by atomic mass is 10.2. The van der Waals surface area contributed by atoms with Crippen molar-refractivity contribution in [3.8, 4) is 0 Å². The van der Waals surface area contributed by atoms with Gasteiger partial charge in [-0.3, -0.25) is 0 Å². The summed E-state index contributed by atoms with van der Waals surface area (Å²) in [5, 5.41) is 17.4. The molecule has 0 aliphatic rings. The molecule has 0 fully saturated rings. The minimum absolute atomic E-state index is 1.21. The predicted molar refractivity (Wildman–Crippen MR) is 71.1 cm³/mol. The first kappa shape index (κ1) is 12.6. The Balaban J connectivity index is 0.000000192. The number of hydrogen-bond donors (Lipinski definition) is 3. The zero-order valence-corrected chi connectivity index (χ0v) is 9.83. The van der Waals surface area contributed by atoms with Crippen molar-refractivity contribution < 1.29 is 19.8 Å². The standard InChI is InChI=1S/C12H9N.C2H2O4/c1-3-7-11-9(5-1)10-6-2-4-8-12(10)13-11;3-1(4)2(5)6/h1-8,13H;(H,3,4)(H,5,6). The molecule has 3 N–H and O–H groups in total. The summed E-state index contributed by atoms with van der Waals surface area (Å²) in [6.45, 7) is 0. The van der Waals surface area contributed by atoms with Gasteiger partial charge in [0.25, 0.3) is 0 Å². The van der Waals surface area contributed by atoms with E-state index in [1.165, 1.54) is 21.8 Å².